The van der Waals surface area contributed by atoms with E-state index < -0.39 is 0 Å². The highest BCUT2D eigenvalue weighted by atomic mass is 19.1. The Morgan fingerprint density at radius 2 is 1.43 bits per heavy atom. The fourth-order valence-electron chi connectivity index (χ4n) is 6.71. The molecule has 2 N–H and O–H groups in total. The summed E-state index contributed by atoms with van der Waals surface area (Å²) in [6, 6.07) is 12.7. The van der Waals surface area contributed by atoms with Crippen LogP contribution in [0.1, 0.15) is 25.7 Å². The summed E-state index contributed by atoms with van der Waals surface area (Å²) in [7, 11) is 0. The number of fused-ring (bicyclic) bond motifs is 2. The van der Waals surface area contributed by atoms with Gasteiger partial charge in [-0.1, -0.05) is 0 Å². The maximum atomic E-state index is 14.8. The zero-order chi connectivity index (χ0) is 31.6. The van der Waals surface area contributed by atoms with Crippen LogP contribution in [0.15, 0.2) is 67.3 Å². The number of nitrogens with one attached hydrogen (secondary N) is 2. The number of halogens is 1. The number of likely N-dealkylation sites (tertiary alicyclic amines) is 2. The maximum absolute atomic E-state index is 14.8. The molecule has 0 unspecified atom stereocenters. The lowest BCUT2D eigenvalue weighted by Gasteiger charge is -2.15. The van der Waals surface area contributed by atoms with E-state index >= 15 is 0 Å². The van der Waals surface area contributed by atoms with Crippen LogP contribution in [0.5, 0.6) is 11.5 Å². The van der Waals surface area contributed by atoms with E-state index in [0.29, 0.717) is 30.2 Å². The van der Waals surface area contributed by atoms with E-state index in [4.69, 9.17) is 9.47 Å². The molecule has 6 aromatic rings. The predicted molar refractivity (Wildman–Crippen MR) is 180 cm³/mol. The quantitative estimate of drug-likeness (QED) is 0.171. The van der Waals surface area contributed by atoms with Gasteiger partial charge in [0.2, 0.25) is 0 Å². The molecule has 8 rings (SSSR count). The van der Waals surface area contributed by atoms with Gasteiger partial charge in [0.1, 0.15) is 36.2 Å². The maximum Gasteiger partial charge on any atom is 0.138 e. The monoisotopic (exact) mass is 632 g/mol. The van der Waals surface area contributed by atoms with Crippen molar-refractivity contribution in [2.75, 3.05) is 52.5 Å². The average molecular weight is 633 g/mol. The number of aromatic nitrogens is 6. The molecule has 11 heteroatoms. The molecular weight excluding hydrogens is 595 g/mol. The van der Waals surface area contributed by atoms with Crippen molar-refractivity contribution >= 4 is 21.8 Å². The Labute approximate surface area is 272 Å². The smallest absolute Gasteiger partial charge is 0.138 e. The molecule has 0 amide bonds. The lowest BCUT2D eigenvalue weighted by atomic mass is 10.1. The van der Waals surface area contributed by atoms with Crippen molar-refractivity contribution in [3.63, 3.8) is 0 Å². The summed E-state index contributed by atoms with van der Waals surface area (Å²) in [4.78, 5) is 22.1. The molecule has 10 nitrogen and oxygen atoms in total. The Balaban J connectivity index is 1.05. The largest absolute Gasteiger partial charge is 0.492 e. The lowest BCUT2D eigenvalue weighted by Crippen LogP contribution is -2.25. The van der Waals surface area contributed by atoms with Crippen molar-refractivity contribution in [2.24, 2.45) is 0 Å². The zero-order valence-electron chi connectivity index (χ0n) is 26.2. The zero-order valence-corrected chi connectivity index (χ0v) is 26.2. The first-order chi connectivity index (χ1) is 23.2. The molecular formula is C36H37FN8O2. The summed E-state index contributed by atoms with van der Waals surface area (Å²) >= 11 is 0. The minimum absolute atomic E-state index is 0.359. The van der Waals surface area contributed by atoms with Crippen LogP contribution in [0.3, 0.4) is 0 Å². The van der Waals surface area contributed by atoms with Crippen LogP contribution >= 0.6 is 0 Å². The topological polar surface area (TPSA) is 108 Å². The van der Waals surface area contributed by atoms with Gasteiger partial charge in [0.05, 0.1) is 35.0 Å². The molecule has 0 aliphatic carbocycles. The number of aromatic amines is 2. The Kier molecular flexibility index (Phi) is 8.22. The van der Waals surface area contributed by atoms with Gasteiger partial charge in [-0.25, -0.2) is 4.39 Å². The molecule has 0 radical (unpaired) electrons. The van der Waals surface area contributed by atoms with Gasteiger partial charge >= 0.3 is 0 Å². The van der Waals surface area contributed by atoms with Crippen molar-refractivity contribution in [3.8, 4) is 45.4 Å². The van der Waals surface area contributed by atoms with Gasteiger partial charge in [-0.3, -0.25) is 29.9 Å². The first-order valence-electron chi connectivity index (χ1n) is 16.5. The summed E-state index contributed by atoms with van der Waals surface area (Å²) in [5.74, 6) is 0.869. The Hall–Kier alpha value is -4.87. The van der Waals surface area contributed by atoms with E-state index in [0.717, 1.165) is 89.5 Å². The van der Waals surface area contributed by atoms with Crippen LogP contribution in [0.2, 0.25) is 0 Å². The first-order valence-corrected chi connectivity index (χ1v) is 16.5. The summed E-state index contributed by atoms with van der Waals surface area (Å²) in [5, 5.41) is 9.53. The molecule has 0 spiro atoms. The van der Waals surface area contributed by atoms with Crippen molar-refractivity contribution in [3.05, 3.63) is 73.1 Å². The summed E-state index contributed by atoms with van der Waals surface area (Å²) in [6.07, 6.45) is 12.0. The summed E-state index contributed by atoms with van der Waals surface area (Å²) in [6.45, 7) is 7.39. The predicted octanol–water partition coefficient (Wildman–Crippen LogP) is 6.32. The highest BCUT2D eigenvalue weighted by Gasteiger charge is 2.18. The number of hydrogen-bond acceptors (Lipinski definition) is 8. The number of nitrogens with zero attached hydrogens (tertiary/aromatic N) is 6. The number of ether oxygens (including phenoxy) is 2. The highest BCUT2D eigenvalue weighted by molar-refractivity contribution is 6.00. The van der Waals surface area contributed by atoms with E-state index in [1.54, 1.807) is 24.8 Å². The van der Waals surface area contributed by atoms with Gasteiger partial charge in [-0.2, -0.15) is 5.10 Å². The minimum Gasteiger partial charge on any atom is -0.492 e. The van der Waals surface area contributed by atoms with Crippen LogP contribution in [-0.4, -0.2) is 92.4 Å². The molecule has 2 aliphatic heterocycles. The van der Waals surface area contributed by atoms with Crippen molar-refractivity contribution in [1.29, 1.82) is 0 Å². The standard InChI is InChI=1S/C36H37FN8O2/c37-26-15-24(16-27(18-26)46-13-11-44-7-1-2-8-44)35-29-20-33(41-31(29)5-6-39-35)36-30-19-32(40-23-34(30)42-43-36)25-17-28(22-38-21-25)47-14-12-45-9-3-4-10-45/h5-6,15-23,41H,1-4,7-14H2,(H,42,43). The minimum atomic E-state index is -0.359. The van der Waals surface area contributed by atoms with Crippen LogP contribution in [0, 0.1) is 5.82 Å². The molecule has 2 saturated heterocycles. The molecule has 5 aromatic heterocycles. The van der Waals surface area contributed by atoms with E-state index in [1.807, 2.05) is 30.3 Å². The second-order valence-corrected chi connectivity index (χ2v) is 12.4. The van der Waals surface area contributed by atoms with Crippen LogP contribution in [-0.2, 0) is 0 Å². The van der Waals surface area contributed by atoms with Crippen LogP contribution in [0.4, 0.5) is 4.39 Å². The molecule has 7 heterocycles. The number of hydrogen-bond donors (Lipinski definition) is 2. The molecule has 0 bridgehead atoms. The molecule has 240 valence electrons. The molecule has 0 saturated carbocycles. The second-order valence-electron chi connectivity index (χ2n) is 12.4. The van der Waals surface area contributed by atoms with Gasteiger partial charge in [0.15, 0.2) is 0 Å². The number of pyridine rings is 3. The van der Waals surface area contributed by atoms with Crippen LogP contribution in [0.25, 0.3) is 55.7 Å². The van der Waals surface area contributed by atoms with Gasteiger partial charge in [-0.15, -0.1) is 0 Å². The fraction of sp³-hybridized carbons (Fsp3) is 0.333. The van der Waals surface area contributed by atoms with E-state index in [-0.39, 0.29) is 5.82 Å². The summed E-state index contributed by atoms with van der Waals surface area (Å²) < 4.78 is 26.8. The third-order valence-electron chi connectivity index (χ3n) is 9.15. The molecule has 2 aliphatic rings. The van der Waals surface area contributed by atoms with Gasteiger partial charge in [0, 0.05) is 59.0 Å². The Morgan fingerprint density at radius 1 is 0.702 bits per heavy atom. The van der Waals surface area contributed by atoms with Gasteiger partial charge in [0.25, 0.3) is 0 Å². The molecule has 0 atom stereocenters. The SMILES string of the molecule is Fc1cc(OCCN2CCCC2)cc(-c2nccc3[nH]c(-c4n[nH]c5cnc(-c6cncc(OCCN7CCCC7)c6)cc45)cc23)c1. The molecule has 1 aromatic carbocycles. The third kappa shape index (κ3) is 6.41. The van der Waals surface area contributed by atoms with Gasteiger partial charge in [-0.05, 0) is 88.3 Å². The normalized spacial score (nSPS) is 15.7. The third-order valence-corrected chi connectivity index (χ3v) is 9.15. The Morgan fingerprint density at radius 3 is 2.21 bits per heavy atom. The molecule has 47 heavy (non-hydrogen) atoms. The number of rotatable bonds is 11. The van der Waals surface area contributed by atoms with Crippen LogP contribution < -0.4 is 9.47 Å². The van der Waals surface area contributed by atoms with E-state index in [9.17, 15) is 4.39 Å². The van der Waals surface area contributed by atoms with Crippen molar-refractivity contribution in [1.82, 2.24) is 39.9 Å². The molecule has 2 fully saturated rings. The first kappa shape index (κ1) is 29.5. The average Bonchev–Trinajstić information content (AvgIpc) is 3.91. The highest BCUT2D eigenvalue weighted by Crippen LogP contribution is 2.35. The van der Waals surface area contributed by atoms with Crippen molar-refractivity contribution < 1.29 is 13.9 Å². The Bertz CT molecular complexity index is 2010. The summed E-state index contributed by atoms with van der Waals surface area (Å²) in [5.41, 5.74) is 6.22. The van der Waals surface area contributed by atoms with Gasteiger partial charge < -0.3 is 14.5 Å². The fourth-order valence-corrected chi connectivity index (χ4v) is 6.71. The number of benzene rings is 1. The van der Waals surface area contributed by atoms with E-state index in [1.165, 1.54) is 37.8 Å². The van der Waals surface area contributed by atoms with E-state index in [2.05, 4.69) is 39.9 Å². The lowest BCUT2D eigenvalue weighted by molar-refractivity contribution is 0.237. The number of H-pyrrole nitrogens is 2. The second kappa shape index (κ2) is 13.1. The van der Waals surface area contributed by atoms with Crippen molar-refractivity contribution in [2.45, 2.75) is 25.7 Å².